The highest BCUT2D eigenvalue weighted by Crippen LogP contribution is 2.25. The average molecular weight is 363 g/mol. The summed E-state index contributed by atoms with van der Waals surface area (Å²) in [5, 5.41) is 5.18. The van der Waals surface area contributed by atoms with E-state index in [-0.39, 0.29) is 10.8 Å². The third-order valence-corrected chi connectivity index (χ3v) is 4.55. The highest BCUT2D eigenvalue weighted by atomic mass is 79.9. The van der Waals surface area contributed by atoms with Crippen molar-refractivity contribution in [3.8, 4) is 0 Å². The van der Waals surface area contributed by atoms with Gasteiger partial charge in [0.15, 0.2) is 0 Å². The van der Waals surface area contributed by atoms with Crippen molar-refractivity contribution in [1.82, 2.24) is 4.90 Å². The maximum Gasteiger partial charge on any atom is 0.253 e. The van der Waals surface area contributed by atoms with Crippen LogP contribution in [0.3, 0.4) is 0 Å². The second-order valence-corrected chi connectivity index (χ2v) is 7.15. The number of benzene rings is 1. The fourth-order valence-corrected chi connectivity index (χ4v) is 3.31. The van der Waals surface area contributed by atoms with Gasteiger partial charge >= 0.3 is 0 Å². The zero-order valence-corrected chi connectivity index (χ0v) is 14.2. The van der Waals surface area contributed by atoms with E-state index in [4.69, 9.17) is 5.14 Å². The van der Waals surface area contributed by atoms with E-state index in [2.05, 4.69) is 15.9 Å². The van der Waals surface area contributed by atoms with Gasteiger partial charge in [-0.2, -0.15) is 0 Å². The van der Waals surface area contributed by atoms with E-state index in [1.807, 2.05) is 6.92 Å². The molecule has 1 aromatic rings. The summed E-state index contributed by atoms with van der Waals surface area (Å²) < 4.78 is 23.6. The van der Waals surface area contributed by atoms with Gasteiger partial charge in [-0.15, -0.1) is 0 Å². The number of hydrogen-bond donors (Lipinski definition) is 1. The number of hydrogen-bond acceptors (Lipinski definition) is 3. The van der Waals surface area contributed by atoms with Crippen molar-refractivity contribution in [2.45, 2.75) is 31.6 Å². The number of carbonyl (C=O) groups is 1. The van der Waals surface area contributed by atoms with Gasteiger partial charge in [0.05, 0.1) is 4.90 Å². The Balaban J connectivity index is 3.26. The van der Waals surface area contributed by atoms with Gasteiger partial charge in [0, 0.05) is 23.6 Å². The number of rotatable bonds is 5. The summed E-state index contributed by atoms with van der Waals surface area (Å²) in [7, 11) is -2.15. The van der Waals surface area contributed by atoms with Crippen molar-refractivity contribution in [1.29, 1.82) is 0 Å². The summed E-state index contributed by atoms with van der Waals surface area (Å²) in [5.74, 6) is -0.206. The van der Waals surface area contributed by atoms with Crippen molar-refractivity contribution >= 4 is 31.9 Å². The van der Waals surface area contributed by atoms with Gasteiger partial charge in [-0.05, 0) is 31.0 Å². The lowest BCUT2D eigenvalue weighted by Gasteiger charge is -2.19. The van der Waals surface area contributed by atoms with Gasteiger partial charge in [-0.3, -0.25) is 4.79 Å². The molecule has 0 atom stereocenters. The summed E-state index contributed by atoms with van der Waals surface area (Å²) >= 11 is 3.22. The molecule has 0 aliphatic heterocycles. The third-order valence-electron chi connectivity index (χ3n) is 3.06. The largest absolute Gasteiger partial charge is 0.342 e. The van der Waals surface area contributed by atoms with Crippen LogP contribution >= 0.6 is 15.9 Å². The Kier molecular flexibility index (Phi) is 5.73. The molecule has 0 unspecified atom stereocenters. The molecule has 1 aromatic carbocycles. The Morgan fingerprint density at radius 2 is 2.00 bits per heavy atom. The van der Waals surface area contributed by atoms with Gasteiger partial charge < -0.3 is 4.90 Å². The Morgan fingerprint density at radius 1 is 1.40 bits per heavy atom. The van der Waals surface area contributed by atoms with E-state index in [0.29, 0.717) is 22.1 Å². The molecule has 0 fully saturated rings. The number of sulfonamides is 1. The van der Waals surface area contributed by atoms with Crippen LogP contribution in [0.5, 0.6) is 0 Å². The van der Waals surface area contributed by atoms with Crippen molar-refractivity contribution in [2.24, 2.45) is 5.14 Å². The first-order valence-electron chi connectivity index (χ1n) is 6.27. The van der Waals surface area contributed by atoms with Gasteiger partial charge in [0.1, 0.15) is 0 Å². The Morgan fingerprint density at radius 3 is 2.50 bits per heavy atom. The van der Waals surface area contributed by atoms with E-state index in [0.717, 1.165) is 12.8 Å². The summed E-state index contributed by atoms with van der Waals surface area (Å²) in [5.41, 5.74) is 0.728. The van der Waals surface area contributed by atoms with E-state index in [1.54, 1.807) is 24.9 Å². The van der Waals surface area contributed by atoms with Crippen LogP contribution in [0.15, 0.2) is 21.5 Å². The predicted octanol–water partition coefficient (Wildman–Crippen LogP) is 2.28. The van der Waals surface area contributed by atoms with E-state index >= 15 is 0 Å². The zero-order chi connectivity index (χ0) is 15.5. The van der Waals surface area contributed by atoms with Crippen LogP contribution in [0, 0.1) is 6.92 Å². The molecule has 1 amide bonds. The van der Waals surface area contributed by atoms with Crippen LogP contribution in [0.2, 0.25) is 0 Å². The molecule has 0 spiro atoms. The lowest BCUT2D eigenvalue weighted by Crippen LogP contribution is -2.29. The lowest BCUT2D eigenvalue weighted by molar-refractivity contribution is 0.0792. The Bertz CT molecular complexity index is 614. The molecule has 0 bridgehead atoms. The van der Waals surface area contributed by atoms with Crippen LogP contribution in [0.4, 0.5) is 0 Å². The maximum absolute atomic E-state index is 12.4. The molecule has 0 aliphatic rings. The molecule has 0 saturated carbocycles. The topological polar surface area (TPSA) is 80.5 Å². The minimum absolute atomic E-state index is 0.0286. The monoisotopic (exact) mass is 362 g/mol. The molecule has 0 aromatic heterocycles. The number of nitrogens with zero attached hydrogens (tertiary/aromatic N) is 1. The molecule has 112 valence electrons. The standard InChI is InChI=1S/C13H19BrN2O3S/c1-4-5-6-16(3)13(17)11-7-10(14)8-12(9(11)2)20(15,18)19/h7-8H,4-6H2,1-3H3,(H2,15,18,19). The molecule has 5 nitrogen and oxygen atoms in total. The SMILES string of the molecule is CCCCN(C)C(=O)c1cc(Br)cc(S(N)(=O)=O)c1C. The highest BCUT2D eigenvalue weighted by molar-refractivity contribution is 9.10. The summed E-state index contributed by atoms with van der Waals surface area (Å²) in [6.07, 6.45) is 1.88. The van der Waals surface area contributed by atoms with Crippen molar-refractivity contribution < 1.29 is 13.2 Å². The number of amides is 1. The van der Waals surface area contributed by atoms with Crippen molar-refractivity contribution in [3.05, 3.63) is 27.7 Å². The van der Waals surface area contributed by atoms with Crippen molar-refractivity contribution in [2.75, 3.05) is 13.6 Å². The molecule has 7 heteroatoms. The minimum atomic E-state index is -3.86. The molecule has 2 N–H and O–H groups in total. The van der Waals surface area contributed by atoms with Gasteiger partial charge in [-0.1, -0.05) is 29.3 Å². The molecular formula is C13H19BrN2O3S. The number of primary sulfonamides is 1. The van der Waals surface area contributed by atoms with Gasteiger partial charge in [0.25, 0.3) is 5.91 Å². The lowest BCUT2D eigenvalue weighted by atomic mass is 10.1. The summed E-state index contributed by atoms with van der Waals surface area (Å²) in [4.78, 5) is 13.9. The van der Waals surface area contributed by atoms with Crippen LogP contribution in [-0.4, -0.2) is 32.8 Å². The molecule has 0 heterocycles. The average Bonchev–Trinajstić information content (AvgIpc) is 2.36. The first-order chi connectivity index (χ1) is 9.18. The number of nitrogens with two attached hydrogens (primary N) is 1. The minimum Gasteiger partial charge on any atom is -0.342 e. The Labute approximate surface area is 128 Å². The number of halogens is 1. The fraction of sp³-hybridized carbons (Fsp3) is 0.462. The van der Waals surface area contributed by atoms with Crippen LogP contribution in [0.1, 0.15) is 35.7 Å². The van der Waals surface area contributed by atoms with E-state index < -0.39 is 10.0 Å². The molecule has 0 aliphatic carbocycles. The maximum atomic E-state index is 12.4. The van der Waals surface area contributed by atoms with Crippen LogP contribution in [-0.2, 0) is 10.0 Å². The molecule has 1 rings (SSSR count). The second kappa shape index (κ2) is 6.69. The summed E-state index contributed by atoms with van der Waals surface area (Å²) in [6.45, 7) is 4.26. The fourth-order valence-electron chi connectivity index (χ4n) is 1.87. The van der Waals surface area contributed by atoms with Gasteiger partial charge in [-0.25, -0.2) is 13.6 Å². The zero-order valence-electron chi connectivity index (χ0n) is 11.8. The van der Waals surface area contributed by atoms with E-state index in [1.165, 1.54) is 6.07 Å². The van der Waals surface area contributed by atoms with Crippen LogP contribution < -0.4 is 5.14 Å². The molecular weight excluding hydrogens is 344 g/mol. The van der Waals surface area contributed by atoms with Crippen molar-refractivity contribution in [3.63, 3.8) is 0 Å². The number of unbranched alkanes of at least 4 members (excludes halogenated alkanes) is 1. The first kappa shape index (κ1) is 17.1. The first-order valence-corrected chi connectivity index (χ1v) is 8.60. The molecule has 0 saturated heterocycles. The smallest absolute Gasteiger partial charge is 0.253 e. The quantitative estimate of drug-likeness (QED) is 0.872. The van der Waals surface area contributed by atoms with Gasteiger partial charge in [0.2, 0.25) is 10.0 Å². The predicted molar refractivity (Wildman–Crippen MR) is 82.1 cm³/mol. The normalized spacial score (nSPS) is 11.4. The van der Waals surface area contributed by atoms with Crippen LogP contribution in [0.25, 0.3) is 0 Å². The second-order valence-electron chi connectivity index (χ2n) is 4.70. The highest BCUT2D eigenvalue weighted by Gasteiger charge is 2.21. The molecule has 0 radical (unpaired) electrons. The summed E-state index contributed by atoms with van der Waals surface area (Å²) in [6, 6.07) is 3.03. The molecule has 20 heavy (non-hydrogen) atoms. The number of carbonyl (C=O) groups excluding carboxylic acids is 1. The Hall–Kier alpha value is -0.920. The third kappa shape index (κ3) is 4.04. The van der Waals surface area contributed by atoms with E-state index in [9.17, 15) is 13.2 Å².